The third-order valence-electron chi connectivity index (χ3n) is 2.77. The molecule has 6 nitrogen and oxygen atoms in total. The van der Waals surface area contributed by atoms with Crippen LogP contribution in [0.4, 0.5) is 5.69 Å². The van der Waals surface area contributed by atoms with Gasteiger partial charge in [0.05, 0.1) is 5.69 Å². The molecule has 1 aromatic carbocycles. The Morgan fingerprint density at radius 2 is 1.95 bits per heavy atom. The summed E-state index contributed by atoms with van der Waals surface area (Å²) in [6, 6.07) is 9.54. The second kappa shape index (κ2) is 5.90. The van der Waals surface area contributed by atoms with Crippen LogP contribution in [0.1, 0.15) is 17.5 Å². The van der Waals surface area contributed by atoms with Gasteiger partial charge in [-0.3, -0.25) is 4.31 Å². The van der Waals surface area contributed by atoms with Crippen LogP contribution >= 0.6 is 15.9 Å². The summed E-state index contributed by atoms with van der Waals surface area (Å²) in [5, 5.41) is 8.88. The van der Waals surface area contributed by atoms with Gasteiger partial charge in [0.2, 0.25) is 5.76 Å². The molecule has 0 amide bonds. The Labute approximate surface area is 130 Å². The molecule has 21 heavy (non-hydrogen) atoms. The van der Waals surface area contributed by atoms with E-state index in [1.807, 2.05) is 0 Å². The van der Waals surface area contributed by atoms with E-state index in [4.69, 9.17) is 9.52 Å². The molecule has 2 rings (SSSR count). The van der Waals surface area contributed by atoms with Crippen LogP contribution in [-0.4, -0.2) is 26.0 Å². The number of para-hydroxylation sites is 1. The maximum atomic E-state index is 12.7. The van der Waals surface area contributed by atoms with E-state index >= 15 is 0 Å². The summed E-state index contributed by atoms with van der Waals surface area (Å²) in [5.41, 5.74) is 0.491. The Balaban J connectivity index is 2.52. The predicted octanol–water partition coefficient (Wildman–Crippen LogP) is 2.96. The highest BCUT2D eigenvalue weighted by atomic mass is 79.9. The van der Waals surface area contributed by atoms with Crippen LogP contribution in [0.25, 0.3) is 0 Å². The van der Waals surface area contributed by atoms with Crippen molar-refractivity contribution >= 4 is 37.6 Å². The summed E-state index contributed by atoms with van der Waals surface area (Å²) in [6.07, 6.45) is 0. The second-order valence-corrected chi connectivity index (χ2v) is 6.61. The minimum Gasteiger partial charge on any atom is -0.475 e. The Kier molecular flexibility index (Phi) is 4.38. The molecule has 0 radical (unpaired) electrons. The summed E-state index contributed by atoms with van der Waals surface area (Å²) in [5.74, 6) is -1.77. The Bertz CT molecular complexity index is 754. The Hall–Kier alpha value is -1.80. The van der Waals surface area contributed by atoms with Crippen molar-refractivity contribution in [2.24, 2.45) is 0 Å². The van der Waals surface area contributed by atoms with Crippen LogP contribution < -0.4 is 4.31 Å². The highest BCUT2D eigenvalue weighted by Gasteiger charge is 2.30. The maximum absolute atomic E-state index is 12.7. The second-order valence-electron chi connectivity index (χ2n) is 4.06. The number of halogens is 1. The maximum Gasteiger partial charge on any atom is 0.371 e. The molecule has 1 heterocycles. The van der Waals surface area contributed by atoms with Gasteiger partial charge in [-0.2, -0.15) is 0 Å². The van der Waals surface area contributed by atoms with Gasteiger partial charge < -0.3 is 9.52 Å². The molecule has 0 aliphatic carbocycles. The van der Waals surface area contributed by atoms with E-state index in [9.17, 15) is 13.2 Å². The summed E-state index contributed by atoms with van der Waals surface area (Å²) in [7, 11) is -3.92. The smallest absolute Gasteiger partial charge is 0.371 e. The van der Waals surface area contributed by atoms with Gasteiger partial charge in [-0.25, -0.2) is 13.2 Å². The molecule has 0 unspecified atom stereocenters. The normalized spacial score (nSPS) is 11.3. The van der Waals surface area contributed by atoms with Gasteiger partial charge in [-0.15, -0.1) is 0 Å². The molecule has 112 valence electrons. The fourth-order valence-electron chi connectivity index (χ4n) is 1.84. The number of rotatable bonds is 5. The lowest BCUT2D eigenvalue weighted by atomic mass is 10.3. The Morgan fingerprint density at radius 3 is 2.43 bits per heavy atom. The highest BCUT2D eigenvalue weighted by Crippen LogP contribution is 2.31. The first-order valence-corrected chi connectivity index (χ1v) is 8.21. The van der Waals surface area contributed by atoms with Gasteiger partial charge in [0.1, 0.15) is 4.90 Å². The first kappa shape index (κ1) is 15.6. The van der Waals surface area contributed by atoms with Crippen molar-refractivity contribution in [1.29, 1.82) is 0 Å². The average molecular weight is 374 g/mol. The van der Waals surface area contributed by atoms with Gasteiger partial charge in [0.25, 0.3) is 10.0 Å². The van der Waals surface area contributed by atoms with Crippen LogP contribution in [-0.2, 0) is 10.0 Å². The number of furan rings is 1. The molecular formula is C13H12BrNO5S. The number of carboxylic acids is 1. The number of carbonyl (C=O) groups is 1. The number of hydrogen-bond acceptors (Lipinski definition) is 4. The fraction of sp³-hybridized carbons (Fsp3) is 0.154. The summed E-state index contributed by atoms with van der Waals surface area (Å²) >= 11 is 2.96. The predicted molar refractivity (Wildman–Crippen MR) is 80.0 cm³/mol. The van der Waals surface area contributed by atoms with Gasteiger partial charge in [0.15, 0.2) is 4.67 Å². The topological polar surface area (TPSA) is 87.8 Å². The molecule has 8 heteroatoms. The van der Waals surface area contributed by atoms with E-state index in [1.54, 1.807) is 37.3 Å². The number of anilines is 1. The quantitative estimate of drug-likeness (QED) is 0.870. The van der Waals surface area contributed by atoms with Gasteiger partial charge in [-0.05, 0) is 35.0 Å². The van der Waals surface area contributed by atoms with E-state index in [2.05, 4.69) is 15.9 Å². The molecule has 0 aliphatic rings. The molecular weight excluding hydrogens is 362 g/mol. The van der Waals surface area contributed by atoms with Gasteiger partial charge in [0, 0.05) is 12.6 Å². The van der Waals surface area contributed by atoms with Crippen molar-refractivity contribution in [3.05, 3.63) is 46.8 Å². The number of hydrogen-bond donors (Lipinski definition) is 1. The highest BCUT2D eigenvalue weighted by molar-refractivity contribution is 9.10. The number of nitrogens with zero attached hydrogens (tertiary/aromatic N) is 1. The molecule has 1 aromatic heterocycles. The number of sulfonamides is 1. The zero-order valence-electron chi connectivity index (χ0n) is 11.0. The van der Waals surface area contributed by atoms with Crippen molar-refractivity contribution in [3.8, 4) is 0 Å². The summed E-state index contributed by atoms with van der Waals surface area (Å²) in [4.78, 5) is 10.7. The minimum atomic E-state index is -3.92. The third-order valence-corrected chi connectivity index (χ3v) is 5.53. The lowest BCUT2D eigenvalue weighted by Gasteiger charge is -2.22. The van der Waals surface area contributed by atoms with E-state index < -0.39 is 21.8 Å². The van der Waals surface area contributed by atoms with Crippen molar-refractivity contribution in [1.82, 2.24) is 0 Å². The zero-order chi connectivity index (χ0) is 15.6. The molecule has 0 aliphatic heterocycles. The van der Waals surface area contributed by atoms with Crippen molar-refractivity contribution in [2.75, 3.05) is 10.8 Å². The Morgan fingerprint density at radius 1 is 1.33 bits per heavy atom. The standard InChI is InChI=1S/C13H12BrNO5S/c1-2-15(9-6-4-3-5-7-9)21(18,19)11-8-10(13(16)17)20-12(11)14/h3-8H,2H2,1H3,(H,16,17). The molecule has 0 atom stereocenters. The minimum absolute atomic E-state index is 0.130. The lowest BCUT2D eigenvalue weighted by Crippen LogP contribution is -2.30. The molecule has 0 bridgehead atoms. The summed E-state index contributed by atoms with van der Waals surface area (Å²) in [6.45, 7) is 1.89. The monoisotopic (exact) mass is 373 g/mol. The molecule has 1 N–H and O–H groups in total. The largest absolute Gasteiger partial charge is 0.475 e. The average Bonchev–Trinajstić information content (AvgIpc) is 2.83. The zero-order valence-corrected chi connectivity index (χ0v) is 13.4. The van der Waals surface area contributed by atoms with E-state index in [1.165, 1.54) is 4.31 Å². The van der Waals surface area contributed by atoms with E-state index in [0.29, 0.717) is 5.69 Å². The molecule has 0 fully saturated rings. The van der Waals surface area contributed by atoms with Crippen molar-refractivity contribution < 1.29 is 22.7 Å². The first-order valence-electron chi connectivity index (χ1n) is 5.98. The molecule has 0 saturated carbocycles. The van der Waals surface area contributed by atoms with E-state index in [0.717, 1.165) is 6.07 Å². The van der Waals surface area contributed by atoms with Crippen LogP contribution in [0.2, 0.25) is 0 Å². The molecule has 0 spiro atoms. The van der Waals surface area contributed by atoms with Crippen LogP contribution in [0.5, 0.6) is 0 Å². The van der Waals surface area contributed by atoms with Crippen LogP contribution in [0, 0.1) is 0 Å². The lowest BCUT2D eigenvalue weighted by molar-refractivity contribution is 0.0661. The van der Waals surface area contributed by atoms with Crippen LogP contribution in [0.15, 0.2) is 50.4 Å². The fourth-order valence-corrected chi connectivity index (χ4v) is 4.22. The number of aromatic carboxylic acids is 1. The van der Waals surface area contributed by atoms with Gasteiger partial charge in [-0.1, -0.05) is 18.2 Å². The number of carboxylic acid groups (broad SMARTS) is 1. The number of benzene rings is 1. The van der Waals surface area contributed by atoms with Crippen molar-refractivity contribution in [3.63, 3.8) is 0 Å². The van der Waals surface area contributed by atoms with E-state index in [-0.39, 0.29) is 16.1 Å². The van der Waals surface area contributed by atoms with Crippen molar-refractivity contribution in [2.45, 2.75) is 11.8 Å². The third kappa shape index (κ3) is 2.96. The molecule has 0 saturated heterocycles. The first-order chi connectivity index (χ1) is 9.87. The SMILES string of the molecule is CCN(c1ccccc1)S(=O)(=O)c1cc(C(=O)O)oc1Br. The molecule has 2 aromatic rings. The van der Waals surface area contributed by atoms with Crippen LogP contribution in [0.3, 0.4) is 0 Å². The van der Waals surface area contributed by atoms with Gasteiger partial charge >= 0.3 is 5.97 Å². The summed E-state index contributed by atoms with van der Waals surface area (Å²) < 4.78 is 31.3.